The Labute approximate surface area is 155 Å². The number of oxime groups is 1. The van der Waals surface area contributed by atoms with E-state index in [0.717, 1.165) is 29.5 Å². The molecule has 10 heteroatoms. The zero-order chi connectivity index (χ0) is 19.4. The molecule has 1 saturated carbocycles. The molecule has 3 aliphatic rings. The zero-order valence-electron chi connectivity index (χ0n) is 14.4. The molecule has 6 nitrogen and oxygen atoms in total. The molecule has 0 radical (unpaired) electrons. The Bertz CT molecular complexity index is 887. The van der Waals surface area contributed by atoms with Crippen LogP contribution in [0.4, 0.5) is 13.2 Å². The maximum Gasteiger partial charge on any atom is 0.402 e. The number of rotatable bonds is 2. The van der Waals surface area contributed by atoms with E-state index in [1.165, 1.54) is 6.21 Å². The van der Waals surface area contributed by atoms with E-state index < -0.39 is 28.5 Å². The molecule has 2 N–H and O–H groups in total. The molecule has 148 valence electrons. The topological polar surface area (TPSA) is 82.0 Å². The van der Waals surface area contributed by atoms with Gasteiger partial charge in [0.05, 0.1) is 11.8 Å². The van der Waals surface area contributed by atoms with Crippen molar-refractivity contribution in [1.82, 2.24) is 9.03 Å². The van der Waals surface area contributed by atoms with E-state index in [-0.39, 0.29) is 18.4 Å². The molecule has 2 bridgehead atoms. The van der Waals surface area contributed by atoms with Gasteiger partial charge >= 0.3 is 6.18 Å². The number of fused-ring (bicyclic) bond motifs is 1. The first-order valence-electron chi connectivity index (χ1n) is 8.78. The van der Waals surface area contributed by atoms with E-state index in [2.05, 4.69) is 9.88 Å². The van der Waals surface area contributed by atoms with Crippen LogP contribution in [0.2, 0.25) is 0 Å². The standard InChI is InChI=1S/C17H20F3N3O3S/c18-17(19,20)10-23-9-16(22-27(23,25)26)14-3-4-15(16)7-13-5-11(8-21-24)1-2-12(13)6-14/h1-2,5,8,14-15,22,24H,3-4,6-7,9-10H2/b21-8+/t14-,15+,16+/m0/s1. The minimum absolute atomic E-state index is 0.0471. The molecule has 1 aromatic rings. The van der Waals surface area contributed by atoms with Crippen molar-refractivity contribution >= 4 is 16.4 Å². The van der Waals surface area contributed by atoms with Crippen LogP contribution in [0, 0.1) is 11.8 Å². The zero-order valence-corrected chi connectivity index (χ0v) is 15.2. The minimum atomic E-state index is -4.58. The van der Waals surface area contributed by atoms with Crippen molar-refractivity contribution in [2.45, 2.75) is 37.4 Å². The third-order valence-corrected chi connectivity index (χ3v) is 7.72. The summed E-state index contributed by atoms with van der Waals surface area (Å²) >= 11 is 0. The molecule has 4 rings (SSSR count). The van der Waals surface area contributed by atoms with Crippen LogP contribution in [0.5, 0.6) is 0 Å². The fourth-order valence-electron chi connectivity index (χ4n) is 5.01. The van der Waals surface area contributed by atoms with Gasteiger partial charge in [-0.1, -0.05) is 17.3 Å². The fraction of sp³-hybridized carbons (Fsp3) is 0.588. The second kappa shape index (κ2) is 6.18. The molecule has 0 amide bonds. The number of nitrogens with one attached hydrogen (secondary N) is 1. The predicted molar refractivity (Wildman–Crippen MR) is 91.9 cm³/mol. The number of alkyl halides is 3. The summed E-state index contributed by atoms with van der Waals surface area (Å²) in [5, 5.41) is 11.8. The van der Waals surface area contributed by atoms with Crippen molar-refractivity contribution in [3.05, 3.63) is 34.9 Å². The van der Waals surface area contributed by atoms with Gasteiger partial charge in [-0.05, 0) is 60.3 Å². The van der Waals surface area contributed by atoms with Crippen LogP contribution in [0.25, 0.3) is 0 Å². The average Bonchev–Trinajstić information content (AvgIpc) is 2.92. The number of halogens is 3. The third kappa shape index (κ3) is 3.23. The molecule has 1 heterocycles. The van der Waals surface area contributed by atoms with Crippen LogP contribution in [0.3, 0.4) is 0 Å². The molecule has 1 spiro atoms. The van der Waals surface area contributed by atoms with Gasteiger partial charge in [-0.2, -0.15) is 30.6 Å². The monoisotopic (exact) mass is 403 g/mol. The van der Waals surface area contributed by atoms with Crippen molar-refractivity contribution < 1.29 is 26.8 Å². The van der Waals surface area contributed by atoms with Crippen molar-refractivity contribution in [2.75, 3.05) is 13.1 Å². The van der Waals surface area contributed by atoms with Gasteiger partial charge < -0.3 is 5.21 Å². The van der Waals surface area contributed by atoms with Crippen LogP contribution >= 0.6 is 0 Å². The summed E-state index contributed by atoms with van der Waals surface area (Å²) in [6.07, 6.45) is -0.503. The summed E-state index contributed by atoms with van der Waals surface area (Å²) in [5.74, 6) is -0.118. The van der Waals surface area contributed by atoms with E-state index in [0.29, 0.717) is 17.1 Å². The van der Waals surface area contributed by atoms with Gasteiger partial charge in [-0.25, -0.2) is 0 Å². The van der Waals surface area contributed by atoms with E-state index in [9.17, 15) is 21.6 Å². The highest BCUT2D eigenvalue weighted by Crippen LogP contribution is 2.50. The Morgan fingerprint density at radius 3 is 2.56 bits per heavy atom. The summed E-state index contributed by atoms with van der Waals surface area (Å²) in [5.41, 5.74) is 1.97. The highest BCUT2D eigenvalue weighted by Gasteiger charge is 2.60. The van der Waals surface area contributed by atoms with Gasteiger partial charge in [0, 0.05) is 6.54 Å². The van der Waals surface area contributed by atoms with Gasteiger partial charge in [-0.15, -0.1) is 0 Å². The summed E-state index contributed by atoms with van der Waals surface area (Å²) < 4.78 is 66.6. The molecule has 1 aromatic carbocycles. The molecule has 27 heavy (non-hydrogen) atoms. The normalized spacial score (nSPS) is 32.9. The lowest BCUT2D eigenvalue weighted by molar-refractivity contribution is -0.136. The molecule has 0 unspecified atom stereocenters. The molecule has 3 atom stereocenters. The highest BCUT2D eigenvalue weighted by atomic mass is 32.2. The number of nitrogens with zero attached hydrogens (tertiary/aromatic N) is 2. The van der Waals surface area contributed by atoms with Crippen molar-refractivity contribution in [1.29, 1.82) is 0 Å². The van der Waals surface area contributed by atoms with Gasteiger partial charge in [0.15, 0.2) is 0 Å². The summed E-state index contributed by atoms with van der Waals surface area (Å²) in [7, 11) is -4.17. The van der Waals surface area contributed by atoms with E-state index in [1.807, 2.05) is 18.2 Å². The molecular formula is C17H20F3N3O3S. The van der Waals surface area contributed by atoms with Gasteiger partial charge in [0.2, 0.25) is 0 Å². The van der Waals surface area contributed by atoms with Crippen molar-refractivity contribution in [3.63, 3.8) is 0 Å². The Hall–Kier alpha value is -1.65. The van der Waals surface area contributed by atoms with Crippen LogP contribution in [-0.4, -0.2) is 48.9 Å². The maximum atomic E-state index is 12.9. The fourth-order valence-corrected chi connectivity index (χ4v) is 6.72. The summed E-state index contributed by atoms with van der Waals surface area (Å²) in [4.78, 5) is 0. The predicted octanol–water partition coefficient (Wildman–Crippen LogP) is 2.07. The lowest BCUT2D eigenvalue weighted by Crippen LogP contribution is -2.52. The van der Waals surface area contributed by atoms with E-state index >= 15 is 0 Å². The van der Waals surface area contributed by atoms with Crippen molar-refractivity contribution in [2.24, 2.45) is 17.0 Å². The molecule has 1 saturated heterocycles. The summed E-state index contributed by atoms with van der Waals surface area (Å²) in [6, 6.07) is 5.65. The van der Waals surface area contributed by atoms with Crippen LogP contribution in [0.15, 0.2) is 23.4 Å². The first-order valence-corrected chi connectivity index (χ1v) is 10.2. The molecule has 1 aliphatic heterocycles. The van der Waals surface area contributed by atoms with E-state index in [4.69, 9.17) is 5.21 Å². The van der Waals surface area contributed by atoms with Crippen LogP contribution < -0.4 is 4.72 Å². The maximum absolute atomic E-state index is 12.9. The molecular weight excluding hydrogens is 383 g/mol. The number of hydrogen-bond acceptors (Lipinski definition) is 4. The molecule has 2 aliphatic carbocycles. The van der Waals surface area contributed by atoms with Crippen molar-refractivity contribution in [3.8, 4) is 0 Å². The Morgan fingerprint density at radius 1 is 1.26 bits per heavy atom. The second-order valence-corrected chi connectivity index (χ2v) is 9.35. The second-order valence-electron chi connectivity index (χ2n) is 7.68. The number of hydrogen-bond donors (Lipinski definition) is 2. The molecule has 2 fully saturated rings. The smallest absolute Gasteiger partial charge is 0.402 e. The first kappa shape index (κ1) is 18.7. The third-order valence-electron chi connectivity index (χ3n) is 6.14. The Morgan fingerprint density at radius 2 is 1.93 bits per heavy atom. The average molecular weight is 403 g/mol. The van der Waals surface area contributed by atoms with Crippen LogP contribution in [-0.2, 0) is 23.1 Å². The number of benzene rings is 1. The quantitative estimate of drug-likeness (QED) is 0.451. The lowest BCUT2D eigenvalue weighted by Gasteiger charge is -2.33. The summed E-state index contributed by atoms with van der Waals surface area (Å²) in [6.45, 7) is -1.61. The van der Waals surface area contributed by atoms with E-state index in [1.54, 1.807) is 0 Å². The first-order chi connectivity index (χ1) is 12.6. The molecule has 0 aromatic heterocycles. The minimum Gasteiger partial charge on any atom is -0.411 e. The highest BCUT2D eigenvalue weighted by molar-refractivity contribution is 7.87. The lowest BCUT2D eigenvalue weighted by atomic mass is 9.79. The van der Waals surface area contributed by atoms with Gasteiger partial charge in [-0.3, -0.25) is 0 Å². The van der Waals surface area contributed by atoms with Gasteiger partial charge in [0.1, 0.15) is 6.54 Å². The van der Waals surface area contributed by atoms with Crippen LogP contribution in [0.1, 0.15) is 29.5 Å². The Kier molecular flexibility index (Phi) is 4.28. The largest absolute Gasteiger partial charge is 0.411 e. The SMILES string of the molecule is O=S1(=O)N[C@@]2(CN1CC(F)(F)F)[C@@H]1CC[C@H]2Cc2ccc(/C=N/O)cc2C1. The Balaban J connectivity index is 1.68. The van der Waals surface area contributed by atoms with Gasteiger partial charge in [0.25, 0.3) is 10.2 Å².